The molecule has 3 rings (SSSR count). The Morgan fingerprint density at radius 2 is 2.23 bits per heavy atom. The average Bonchev–Trinajstić information content (AvgIpc) is 2.98. The van der Waals surface area contributed by atoms with Gasteiger partial charge in [-0.2, -0.15) is 0 Å². The Kier molecular flexibility index (Phi) is 4.78. The van der Waals surface area contributed by atoms with Crippen LogP contribution in [0.4, 0.5) is 0 Å². The van der Waals surface area contributed by atoms with E-state index in [2.05, 4.69) is 23.3 Å². The number of fused-ring (bicyclic) bond motifs is 1. The van der Waals surface area contributed by atoms with Crippen molar-refractivity contribution >= 4 is 16.8 Å². The molecule has 2 N–H and O–H groups in total. The molecule has 0 bridgehead atoms. The number of rotatable bonds is 5. The number of aryl methyl sites for hydroxylation is 1. The summed E-state index contributed by atoms with van der Waals surface area (Å²) in [6.07, 6.45) is 6.50. The summed E-state index contributed by atoms with van der Waals surface area (Å²) in [5.74, 6) is 0.504. The minimum absolute atomic E-state index is 0.194. The molecule has 1 aliphatic rings. The van der Waals surface area contributed by atoms with Gasteiger partial charge in [0.15, 0.2) is 0 Å². The summed E-state index contributed by atoms with van der Waals surface area (Å²) in [6, 6.07) is 8.28. The fourth-order valence-electron chi connectivity index (χ4n) is 3.37. The summed E-state index contributed by atoms with van der Waals surface area (Å²) in [5.41, 5.74) is 2.45. The molecule has 22 heavy (non-hydrogen) atoms. The summed E-state index contributed by atoms with van der Waals surface area (Å²) in [4.78, 5) is 17.5. The Morgan fingerprint density at radius 1 is 1.36 bits per heavy atom. The van der Waals surface area contributed by atoms with Crippen LogP contribution >= 0.6 is 0 Å². The van der Waals surface area contributed by atoms with E-state index in [1.807, 2.05) is 17.0 Å². The Balaban J connectivity index is 1.51. The highest BCUT2D eigenvalue weighted by Crippen LogP contribution is 2.21. The van der Waals surface area contributed by atoms with E-state index in [1.54, 1.807) is 0 Å². The first-order chi connectivity index (χ1) is 10.8. The normalized spacial score (nSPS) is 18.8. The molecule has 1 atom stereocenters. The Labute approximate surface area is 131 Å². The van der Waals surface area contributed by atoms with Crippen LogP contribution in [0.1, 0.15) is 31.2 Å². The molecule has 1 aliphatic heterocycles. The van der Waals surface area contributed by atoms with Crippen LogP contribution in [0.3, 0.4) is 0 Å². The van der Waals surface area contributed by atoms with Crippen molar-refractivity contribution in [2.75, 3.05) is 19.7 Å². The zero-order valence-electron chi connectivity index (χ0n) is 12.9. The third-order valence-electron chi connectivity index (χ3n) is 4.64. The molecule has 1 fully saturated rings. The molecule has 1 unspecified atom stereocenters. The second-order valence-corrected chi connectivity index (χ2v) is 6.24. The summed E-state index contributed by atoms with van der Waals surface area (Å²) >= 11 is 0. The lowest BCUT2D eigenvalue weighted by Gasteiger charge is -2.32. The van der Waals surface area contributed by atoms with E-state index in [0.29, 0.717) is 6.42 Å². The molecule has 1 saturated heterocycles. The molecule has 1 aromatic carbocycles. The first-order valence-corrected chi connectivity index (χ1v) is 8.21. The van der Waals surface area contributed by atoms with Gasteiger partial charge in [-0.25, -0.2) is 0 Å². The number of aromatic amines is 1. The van der Waals surface area contributed by atoms with Gasteiger partial charge in [0.25, 0.3) is 0 Å². The molecule has 118 valence electrons. The molecule has 4 nitrogen and oxygen atoms in total. The van der Waals surface area contributed by atoms with Crippen LogP contribution < -0.4 is 0 Å². The van der Waals surface area contributed by atoms with Crippen molar-refractivity contribution in [3.8, 4) is 0 Å². The van der Waals surface area contributed by atoms with Crippen molar-refractivity contribution in [3.05, 3.63) is 36.0 Å². The lowest BCUT2D eigenvalue weighted by molar-refractivity contribution is -0.133. The Hall–Kier alpha value is -1.81. The third-order valence-corrected chi connectivity index (χ3v) is 4.64. The molecule has 2 heterocycles. The van der Waals surface area contributed by atoms with Crippen molar-refractivity contribution < 1.29 is 9.90 Å². The molecular formula is C18H24N2O2. The average molecular weight is 300 g/mol. The van der Waals surface area contributed by atoms with E-state index in [1.165, 1.54) is 10.9 Å². The number of hydrogen-bond acceptors (Lipinski definition) is 2. The zero-order valence-corrected chi connectivity index (χ0v) is 12.9. The smallest absolute Gasteiger partial charge is 0.222 e. The first-order valence-electron chi connectivity index (χ1n) is 8.21. The minimum Gasteiger partial charge on any atom is -0.396 e. The monoisotopic (exact) mass is 300 g/mol. The van der Waals surface area contributed by atoms with Crippen LogP contribution in [0.25, 0.3) is 10.9 Å². The third kappa shape index (κ3) is 3.33. The van der Waals surface area contributed by atoms with Crippen molar-refractivity contribution in [1.29, 1.82) is 0 Å². The number of aliphatic hydroxyl groups is 1. The highest BCUT2D eigenvalue weighted by molar-refractivity contribution is 5.83. The van der Waals surface area contributed by atoms with Gasteiger partial charge in [0, 0.05) is 43.2 Å². The quantitative estimate of drug-likeness (QED) is 0.892. The number of carbonyl (C=O) groups is 1. The summed E-state index contributed by atoms with van der Waals surface area (Å²) in [6.45, 7) is 1.77. The van der Waals surface area contributed by atoms with Crippen LogP contribution in [0.15, 0.2) is 30.5 Å². The SMILES string of the molecule is O=C(CCCc1c[nH]c2ccccc12)N1CCCC(CO)C1. The molecule has 1 amide bonds. The van der Waals surface area contributed by atoms with E-state index < -0.39 is 0 Å². The highest BCUT2D eigenvalue weighted by atomic mass is 16.3. The van der Waals surface area contributed by atoms with E-state index in [9.17, 15) is 9.90 Å². The van der Waals surface area contributed by atoms with Crippen LogP contribution in [-0.4, -0.2) is 40.6 Å². The van der Waals surface area contributed by atoms with Crippen LogP contribution in [0, 0.1) is 5.92 Å². The highest BCUT2D eigenvalue weighted by Gasteiger charge is 2.22. The van der Waals surface area contributed by atoms with Crippen molar-refractivity contribution in [1.82, 2.24) is 9.88 Å². The summed E-state index contributed by atoms with van der Waals surface area (Å²) in [5, 5.41) is 10.5. The molecular weight excluding hydrogens is 276 g/mol. The lowest BCUT2D eigenvalue weighted by atomic mass is 9.98. The number of piperidine rings is 1. The van der Waals surface area contributed by atoms with Gasteiger partial charge in [-0.05, 0) is 43.2 Å². The predicted octanol–water partition coefficient (Wildman–Crippen LogP) is 2.72. The number of para-hydroxylation sites is 1. The number of carbonyl (C=O) groups excluding carboxylic acids is 1. The van der Waals surface area contributed by atoms with Gasteiger partial charge >= 0.3 is 0 Å². The van der Waals surface area contributed by atoms with E-state index in [4.69, 9.17) is 0 Å². The first kappa shape index (κ1) is 15.1. The van der Waals surface area contributed by atoms with Crippen LogP contribution in [0.2, 0.25) is 0 Å². The number of aliphatic hydroxyl groups excluding tert-OH is 1. The van der Waals surface area contributed by atoms with Crippen molar-refractivity contribution in [3.63, 3.8) is 0 Å². The number of likely N-dealkylation sites (tertiary alicyclic amines) is 1. The molecule has 0 aliphatic carbocycles. The number of hydrogen-bond donors (Lipinski definition) is 2. The minimum atomic E-state index is 0.194. The van der Waals surface area contributed by atoms with E-state index in [0.717, 1.165) is 44.3 Å². The summed E-state index contributed by atoms with van der Waals surface area (Å²) < 4.78 is 0. The predicted molar refractivity (Wildman–Crippen MR) is 87.6 cm³/mol. The van der Waals surface area contributed by atoms with Gasteiger partial charge in [0.05, 0.1) is 0 Å². The second kappa shape index (κ2) is 6.97. The van der Waals surface area contributed by atoms with Gasteiger partial charge in [-0.1, -0.05) is 18.2 Å². The molecule has 0 saturated carbocycles. The maximum atomic E-state index is 12.3. The number of H-pyrrole nitrogens is 1. The summed E-state index contributed by atoms with van der Waals surface area (Å²) in [7, 11) is 0. The zero-order chi connectivity index (χ0) is 15.4. The van der Waals surface area contributed by atoms with Crippen molar-refractivity contribution in [2.24, 2.45) is 5.92 Å². The van der Waals surface area contributed by atoms with E-state index >= 15 is 0 Å². The number of nitrogens with one attached hydrogen (secondary N) is 1. The topological polar surface area (TPSA) is 56.3 Å². The second-order valence-electron chi connectivity index (χ2n) is 6.24. The van der Waals surface area contributed by atoms with Crippen LogP contribution in [0.5, 0.6) is 0 Å². The molecule has 2 aromatic rings. The maximum absolute atomic E-state index is 12.3. The van der Waals surface area contributed by atoms with Gasteiger partial charge in [-0.15, -0.1) is 0 Å². The van der Waals surface area contributed by atoms with Gasteiger partial charge < -0.3 is 15.0 Å². The largest absolute Gasteiger partial charge is 0.396 e. The van der Waals surface area contributed by atoms with Crippen molar-refractivity contribution in [2.45, 2.75) is 32.1 Å². The maximum Gasteiger partial charge on any atom is 0.222 e. The number of amides is 1. The standard InChI is InChI=1S/C18H24N2O2/c21-13-14-5-4-10-20(12-14)18(22)9-3-6-15-11-19-17-8-2-1-7-16(15)17/h1-2,7-8,11,14,19,21H,3-6,9-10,12-13H2. The fourth-order valence-corrected chi connectivity index (χ4v) is 3.37. The number of nitrogens with zero attached hydrogens (tertiary/aromatic N) is 1. The molecule has 0 spiro atoms. The van der Waals surface area contributed by atoms with Crippen LogP contribution in [-0.2, 0) is 11.2 Å². The number of aromatic nitrogens is 1. The van der Waals surface area contributed by atoms with Gasteiger partial charge in [0.2, 0.25) is 5.91 Å². The lowest BCUT2D eigenvalue weighted by Crippen LogP contribution is -2.40. The Bertz CT molecular complexity index is 635. The molecule has 1 aromatic heterocycles. The van der Waals surface area contributed by atoms with Gasteiger partial charge in [-0.3, -0.25) is 4.79 Å². The Morgan fingerprint density at radius 3 is 3.09 bits per heavy atom. The molecule has 4 heteroatoms. The van der Waals surface area contributed by atoms with E-state index in [-0.39, 0.29) is 18.4 Å². The number of benzene rings is 1. The van der Waals surface area contributed by atoms with Gasteiger partial charge in [0.1, 0.15) is 0 Å². The fraction of sp³-hybridized carbons (Fsp3) is 0.500. The molecule has 0 radical (unpaired) electrons.